The SMILES string of the molecule is C=CCSc1nnc(NC(=O)c2cc(-c3ccc(C)c(F)c3)on2)s1. The maximum atomic E-state index is 13.6. The lowest BCUT2D eigenvalue weighted by Gasteiger charge is -1.98. The number of halogens is 1. The fourth-order valence-electron chi connectivity index (χ4n) is 1.87. The molecule has 0 aliphatic rings. The van der Waals surface area contributed by atoms with Gasteiger partial charge in [-0.3, -0.25) is 10.1 Å². The molecule has 0 spiro atoms. The van der Waals surface area contributed by atoms with Crippen molar-refractivity contribution in [3.05, 3.63) is 54.0 Å². The summed E-state index contributed by atoms with van der Waals surface area (Å²) in [6.07, 6.45) is 1.76. The first-order valence-electron chi connectivity index (χ1n) is 7.18. The van der Waals surface area contributed by atoms with E-state index in [-0.39, 0.29) is 11.5 Å². The van der Waals surface area contributed by atoms with Gasteiger partial charge in [-0.05, 0) is 18.6 Å². The molecule has 1 N–H and O–H groups in total. The third-order valence-corrected chi connectivity index (χ3v) is 5.12. The van der Waals surface area contributed by atoms with Gasteiger partial charge in [0.15, 0.2) is 15.8 Å². The highest BCUT2D eigenvalue weighted by Crippen LogP contribution is 2.26. The highest BCUT2D eigenvalue weighted by Gasteiger charge is 2.16. The third-order valence-electron chi connectivity index (χ3n) is 3.15. The fourth-order valence-corrected chi connectivity index (χ4v) is 3.38. The molecule has 3 aromatic rings. The second kappa shape index (κ2) is 7.58. The molecule has 3 rings (SSSR count). The van der Waals surface area contributed by atoms with Gasteiger partial charge in [0.1, 0.15) is 5.82 Å². The average Bonchev–Trinajstić information content (AvgIpc) is 3.25. The molecule has 0 fully saturated rings. The van der Waals surface area contributed by atoms with Crippen LogP contribution in [0.4, 0.5) is 9.52 Å². The monoisotopic (exact) mass is 376 g/mol. The van der Waals surface area contributed by atoms with E-state index in [9.17, 15) is 9.18 Å². The molecule has 0 radical (unpaired) electrons. The second-order valence-corrected chi connectivity index (χ2v) is 7.21. The Morgan fingerprint density at radius 2 is 2.28 bits per heavy atom. The van der Waals surface area contributed by atoms with Gasteiger partial charge in [-0.2, -0.15) is 0 Å². The number of nitrogens with zero attached hydrogens (tertiary/aromatic N) is 3. The number of hydrogen-bond donors (Lipinski definition) is 1. The Labute approximate surface area is 151 Å². The summed E-state index contributed by atoms with van der Waals surface area (Å²) in [5, 5.41) is 14.5. The lowest BCUT2D eigenvalue weighted by Crippen LogP contribution is -2.11. The number of nitrogens with one attached hydrogen (secondary N) is 1. The number of benzene rings is 1. The van der Waals surface area contributed by atoms with Gasteiger partial charge in [0.25, 0.3) is 5.91 Å². The lowest BCUT2D eigenvalue weighted by atomic mass is 10.1. The molecule has 1 amide bonds. The molecule has 0 unspecified atom stereocenters. The van der Waals surface area contributed by atoms with E-state index in [1.165, 1.54) is 35.2 Å². The molecule has 9 heteroatoms. The number of aromatic nitrogens is 3. The smallest absolute Gasteiger partial charge is 0.279 e. The first-order chi connectivity index (χ1) is 12.1. The summed E-state index contributed by atoms with van der Waals surface area (Å²) in [6, 6.07) is 6.13. The van der Waals surface area contributed by atoms with Crippen molar-refractivity contribution in [3.8, 4) is 11.3 Å². The molecule has 128 valence electrons. The number of hydrogen-bond acceptors (Lipinski definition) is 7. The second-order valence-electron chi connectivity index (χ2n) is 4.97. The Bertz CT molecular complexity index is 923. The van der Waals surface area contributed by atoms with Gasteiger partial charge in [-0.15, -0.1) is 16.8 Å². The maximum absolute atomic E-state index is 13.6. The van der Waals surface area contributed by atoms with Gasteiger partial charge in [0, 0.05) is 17.4 Å². The van der Waals surface area contributed by atoms with Crippen LogP contribution in [0.1, 0.15) is 16.1 Å². The number of rotatable bonds is 6. The van der Waals surface area contributed by atoms with Crippen molar-refractivity contribution < 1.29 is 13.7 Å². The van der Waals surface area contributed by atoms with Gasteiger partial charge in [-0.25, -0.2) is 4.39 Å². The molecule has 2 aromatic heterocycles. The van der Waals surface area contributed by atoms with E-state index in [1.54, 1.807) is 25.1 Å². The minimum atomic E-state index is -0.473. The van der Waals surface area contributed by atoms with E-state index in [4.69, 9.17) is 4.52 Å². The number of amides is 1. The fraction of sp³-hybridized carbons (Fsp3) is 0.125. The summed E-state index contributed by atoms with van der Waals surface area (Å²) in [4.78, 5) is 12.2. The van der Waals surface area contributed by atoms with Gasteiger partial charge in [0.05, 0.1) is 0 Å². The molecule has 6 nitrogen and oxygen atoms in total. The van der Waals surface area contributed by atoms with Crippen molar-refractivity contribution in [3.63, 3.8) is 0 Å². The van der Waals surface area contributed by atoms with Crippen LogP contribution in [0.25, 0.3) is 11.3 Å². The molecule has 2 heterocycles. The highest BCUT2D eigenvalue weighted by atomic mass is 32.2. The number of carbonyl (C=O) groups excluding carboxylic acids is 1. The standard InChI is InChI=1S/C16H13FN4O2S2/c1-3-6-24-16-20-19-15(25-16)18-14(22)12-8-13(23-21-12)10-5-4-9(2)11(17)7-10/h3-5,7-8H,1,6H2,2H3,(H,18,19,22). The van der Waals surface area contributed by atoms with Crippen LogP contribution in [0.15, 0.2) is 45.8 Å². The van der Waals surface area contributed by atoms with Crippen LogP contribution in [0.5, 0.6) is 0 Å². The van der Waals surface area contributed by atoms with Crippen LogP contribution >= 0.6 is 23.1 Å². The molecule has 0 aliphatic carbocycles. The normalized spacial score (nSPS) is 10.6. The lowest BCUT2D eigenvalue weighted by molar-refractivity contribution is 0.101. The first kappa shape index (κ1) is 17.3. The van der Waals surface area contributed by atoms with E-state index in [0.29, 0.717) is 27.8 Å². The molecule has 0 atom stereocenters. The zero-order valence-corrected chi connectivity index (χ0v) is 14.8. The molecular formula is C16H13FN4O2S2. The summed E-state index contributed by atoms with van der Waals surface area (Å²) in [5.41, 5.74) is 1.11. The molecule has 0 bridgehead atoms. The Morgan fingerprint density at radius 1 is 1.44 bits per heavy atom. The van der Waals surface area contributed by atoms with Gasteiger partial charge >= 0.3 is 0 Å². The van der Waals surface area contributed by atoms with Crippen LogP contribution in [0, 0.1) is 12.7 Å². The third kappa shape index (κ3) is 4.12. The van der Waals surface area contributed by atoms with E-state index < -0.39 is 5.91 Å². The average molecular weight is 376 g/mol. The summed E-state index contributed by atoms with van der Waals surface area (Å²) in [5.74, 6) is 0.198. The van der Waals surface area contributed by atoms with Crippen molar-refractivity contribution in [2.24, 2.45) is 0 Å². The highest BCUT2D eigenvalue weighted by molar-refractivity contribution is 8.01. The number of anilines is 1. The van der Waals surface area contributed by atoms with E-state index in [0.717, 1.165) is 4.34 Å². The Morgan fingerprint density at radius 3 is 3.04 bits per heavy atom. The van der Waals surface area contributed by atoms with E-state index in [1.807, 2.05) is 0 Å². The molecule has 0 saturated carbocycles. The van der Waals surface area contributed by atoms with Gasteiger partial charge in [0.2, 0.25) is 5.13 Å². The molecule has 25 heavy (non-hydrogen) atoms. The van der Waals surface area contributed by atoms with Gasteiger partial charge in [-0.1, -0.05) is 46.5 Å². The van der Waals surface area contributed by atoms with Crippen LogP contribution in [0.2, 0.25) is 0 Å². The van der Waals surface area contributed by atoms with Crippen molar-refractivity contribution in [1.29, 1.82) is 0 Å². The Hall–Kier alpha value is -2.52. The number of carbonyl (C=O) groups is 1. The Balaban J connectivity index is 1.71. The molecular weight excluding hydrogens is 363 g/mol. The number of aryl methyl sites for hydroxylation is 1. The topological polar surface area (TPSA) is 80.9 Å². The predicted molar refractivity (Wildman–Crippen MR) is 95.4 cm³/mol. The molecule has 0 aliphatic heterocycles. The van der Waals surface area contributed by atoms with E-state index >= 15 is 0 Å². The Kier molecular flexibility index (Phi) is 5.25. The zero-order valence-electron chi connectivity index (χ0n) is 13.2. The van der Waals surface area contributed by atoms with Crippen LogP contribution in [-0.2, 0) is 0 Å². The minimum Gasteiger partial charge on any atom is -0.355 e. The summed E-state index contributed by atoms with van der Waals surface area (Å²) >= 11 is 2.73. The predicted octanol–water partition coefficient (Wildman–Crippen LogP) is 4.17. The summed E-state index contributed by atoms with van der Waals surface area (Å²) in [6.45, 7) is 5.30. The van der Waals surface area contributed by atoms with Crippen LogP contribution in [0.3, 0.4) is 0 Å². The molecule has 0 saturated heterocycles. The number of thioether (sulfide) groups is 1. The first-order valence-corrected chi connectivity index (χ1v) is 8.99. The van der Waals surface area contributed by atoms with Crippen molar-refractivity contribution in [2.75, 3.05) is 11.1 Å². The summed E-state index contributed by atoms with van der Waals surface area (Å²) < 4.78 is 19.5. The van der Waals surface area contributed by atoms with Crippen molar-refractivity contribution in [1.82, 2.24) is 15.4 Å². The van der Waals surface area contributed by atoms with Crippen LogP contribution < -0.4 is 5.32 Å². The quantitative estimate of drug-likeness (QED) is 0.395. The summed E-state index contributed by atoms with van der Waals surface area (Å²) in [7, 11) is 0. The van der Waals surface area contributed by atoms with E-state index in [2.05, 4.69) is 27.2 Å². The zero-order chi connectivity index (χ0) is 17.8. The minimum absolute atomic E-state index is 0.0754. The maximum Gasteiger partial charge on any atom is 0.279 e. The van der Waals surface area contributed by atoms with Gasteiger partial charge < -0.3 is 4.52 Å². The largest absolute Gasteiger partial charge is 0.355 e. The molecule has 1 aromatic carbocycles. The van der Waals surface area contributed by atoms with Crippen molar-refractivity contribution in [2.45, 2.75) is 11.3 Å². The van der Waals surface area contributed by atoms with Crippen LogP contribution in [-0.4, -0.2) is 27.0 Å². The van der Waals surface area contributed by atoms with Crippen molar-refractivity contribution >= 4 is 34.1 Å².